The first-order valence-corrected chi connectivity index (χ1v) is 23.9. The van der Waals surface area contributed by atoms with Gasteiger partial charge in [0.05, 0.1) is 13.2 Å². The quantitative estimate of drug-likeness (QED) is 0.0232. The van der Waals surface area contributed by atoms with Gasteiger partial charge in [0.15, 0.2) is 6.10 Å². The molecule has 3 atom stereocenters. The van der Waals surface area contributed by atoms with Crippen molar-refractivity contribution in [3.63, 3.8) is 0 Å². The molecule has 0 aliphatic carbocycles. The highest BCUT2D eigenvalue weighted by molar-refractivity contribution is 7.47. The molecule has 0 radical (unpaired) electrons. The summed E-state index contributed by atoms with van der Waals surface area (Å²) < 4.78 is 32.6. The fourth-order valence-corrected chi connectivity index (χ4v) is 6.96. The Kier molecular flexibility index (Phi) is 38.3. The number of phosphoric ester groups is 1. The highest BCUT2D eigenvalue weighted by Crippen LogP contribution is 2.43. The molecule has 0 aromatic rings. The maximum Gasteiger partial charge on any atom is 0.472 e. The van der Waals surface area contributed by atoms with E-state index in [1.54, 1.807) is 0 Å². The normalized spacial score (nSPS) is 13.9. The van der Waals surface area contributed by atoms with E-state index >= 15 is 0 Å². The van der Waals surface area contributed by atoms with E-state index in [0.717, 1.165) is 32.1 Å². The van der Waals surface area contributed by atoms with Crippen LogP contribution in [0.3, 0.4) is 0 Å². The SMILES string of the molecule is CCCCCCCC/C=C/C/C=C/CCC(=O)OC(COC(=O)CCCCCCCCCCCCCCCCCCCCC)COP(=O)(O)OC[C@@H](N)C(=O)O. The van der Waals surface area contributed by atoms with E-state index in [1.165, 1.54) is 135 Å². The summed E-state index contributed by atoms with van der Waals surface area (Å²) in [6.45, 7) is 2.75. The molecule has 0 heterocycles. The molecule has 0 spiro atoms. The molecule has 2 unspecified atom stereocenters. The van der Waals surface area contributed by atoms with Crippen molar-refractivity contribution in [2.24, 2.45) is 5.73 Å². The first kappa shape index (κ1) is 54.0. The van der Waals surface area contributed by atoms with Crippen LogP contribution >= 0.6 is 7.82 Å². The molecule has 12 heteroatoms. The van der Waals surface area contributed by atoms with Gasteiger partial charge in [-0.3, -0.25) is 23.4 Å². The molecule has 11 nitrogen and oxygen atoms in total. The summed E-state index contributed by atoms with van der Waals surface area (Å²) >= 11 is 0. The molecule has 0 amide bonds. The zero-order valence-electron chi connectivity index (χ0n) is 35.5. The number of hydrogen-bond donors (Lipinski definition) is 3. The monoisotopic (exact) mass is 816 g/mol. The Balaban J connectivity index is 4.33. The lowest BCUT2D eigenvalue weighted by Gasteiger charge is -2.20. The van der Waals surface area contributed by atoms with Crippen LogP contribution in [0.4, 0.5) is 0 Å². The van der Waals surface area contributed by atoms with Crippen molar-refractivity contribution in [3.8, 4) is 0 Å². The van der Waals surface area contributed by atoms with Gasteiger partial charge in [0.2, 0.25) is 0 Å². The Morgan fingerprint density at radius 2 is 0.982 bits per heavy atom. The molecule has 0 rings (SSSR count). The molecule has 328 valence electrons. The predicted octanol–water partition coefficient (Wildman–Crippen LogP) is 11.8. The van der Waals surface area contributed by atoms with Crippen LogP contribution in [-0.4, -0.2) is 59.9 Å². The van der Waals surface area contributed by atoms with Gasteiger partial charge in [0, 0.05) is 12.8 Å². The van der Waals surface area contributed by atoms with Crippen molar-refractivity contribution in [2.45, 2.75) is 219 Å². The van der Waals surface area contributed by atoms with Crippen molar-refractivity contribution in [1.29, 1.82) is 0 Å². The average molecular weight is 816 g/mol. The van der Waals surface area contributed by atoms with Gasteiger partial charge in [-0.25, -0.2) is 4.57 Å². The van der Waals surface area contributed by atoms with Crippen LogP contribution in [0.25, 0.3) is 0 Å². The largest absolute Gasteiger partial charge is 0.480 e. The van der Waals surface area contributed by atoms with Gasteiger partial charge in [-0.1, -0.05) is 186 Å². The van der Waals surface area contributed by atoms with Crippen molar-refractivity contribution < 1.29 is 47.5 Å². The Hall–Kier alpha value is -2.04. The zero-order chi connectivity index (χ0) is 41.4. The van der Waals surface area contributed by atoms with Crippen LogP contribution in [0, 0.1) is 0 Å². The molecular weight excluding hydrogens is 733 g/mol. The van der Waals surface area contributed by atoms with Gasteiger partial charge in [0.1, 0.15) is 12.6 Å². The topological polar surface area (TPSA) is 172 Å². The Bertz CT molecular complexity index is 1050. The number of unbranched alkanes of at least 4 members (excludes halogenated alkanes) is 24. The van der Waals surface area contributed by atoms with Gasteiger partial charge in [-0.15, -0.1) is 0 Å². The summed E-state index contributed by atoms with van der Waals surface area (Å²) in [6, 6.07) is -1.53. The summed E-state index contributed by atoms with van der Waals surface area (Å²) in [4.78, 5) is 45.9. The van der Waals surface area contributed by atoms with Crippen molar-refractivity contribution >= 4 is 25.7 Å². The molecule has 0 aromatic carbocycles. The van der Waals surface area contributed by atoms with E-state index in [-0.39, 0.29) is 19.4 Å². The van der Waals surface area contributed by atoms with Crippen molar-refractivity contribution in [2.75, 3.05) is 19.8 Å². The molecule has 0 bridgehead atoms. The highest BCUT2D eigenvalue weighted by atomic mass is 31.2. The number of carbonyl (C=O) groups is 3. The number of allylic oxidation sites excluding steroid dienone is 4. The minimum Gasteiger partial charge on any atom is -0.480 e. The Morgan fingerprint density at radius 1 is 0.554 bits per heavy atom. The number of phosphoric acid groups is 1. The molecule has 56 heavy (non-hydrogen) atoms. The maximum atomic E-state index is 12.6. The van der Waals surface area contributed by atoms with Crippen LogP contribution in [0.2, 0.25) is 0 Å². The number of esters is 2. The summed E-state index contributed by atoms with van der Waals surface area (Å²) in [5, 5.41) is 8.88. The van der Waals surface area contributed by atoms with E-state index in [2.05, 4.69) is 30.5 Å². The third kappa shape index (κ3) is 38.8. The van der Waals surface area contributed by atoms with E-state index in [4.69, 9.17) is 24.8 Å². The van der Waals surface area contributed by atoms with Gasteiger partial charge in [0.25, 0.3) is 0 Å². The molecule has 0 aliphatic heterocycles. The number of aliphatic carboxylic acids is 1. The molecule has 0 aromatic heterocycles. The van der Waals surface area contributed by atoms with Gasteiger partial charge < -0.3 is 25.2 Å². The number of carboxylic acid groups (broad SMARTS) is 1. The van der Waals surface area contributed by atoms with Gasteiger partial charge >= 0.3 is 25.7 Å². The third-order valence-electron chi connectivity index (χ3n) is 9.72. The van der Waals surface area contributed by atoms with Crippen LogP contribution in [0.5, 0.6) is 0 Å². The summed E-state index contributed by atoms with van der Waals surface area (Å²) in [7, 11) is -4.72. The number of rotatable bonds is 42. The van der Waals surface area contributed by atoms with Gasteiger partial charge in [-0.2, -0.15) is 0 Å². The third-order valence-corrected chi connectivity index (χ3v) is 10.7. The van der Waals surface area contributed by atoms with Crippen LogP contribution in [-0.2, 0) is 37.5 Å². The number of nitrogens with two attached hydrogens (primary N) is 1. The lowest BCUT2D eigenvalue weighted by molar-refractivity contribution is -0.161. The molecule has 0 aliphatic rings. The van der Waals surface area contributed by atoms with Crippen LogP contribution in [0.1, 0.15) is 206 Å². The van der Waals surface area contributed by atoms with E-state index in [0.29, 0.717) is 12.8 Å². The van der Waals surface area contributed by atoms with Crippen molar-refractivity contribution in [1.82, 2.24) is 0 Å². The lowest BCUT2D eigenvalue weighted by atomic mass is 10.0. The zero-order valence-corrected chi connectivity index (χ0v) is 36.4. The summed E-state index contributed by atoms with van der Waals surface area (Å²) in [5.74, 6) is -2.45. The fourth-order valence-electron chi connectivity index (χ4n) is 6.18. The predicted molar refractivity (Wildman–Crippen MR) is 226 cm³/mol. The summed E-state index contributed by atoms with van der Waals surface area (Å²) in [5.41, 5.74) is 5.33. The second kappa shape index (κ2) is 39.8. The average Bonchev–Trinajstić information content (AvgIpc) is 3.17. The highest BCUT2D eigenvalue weighted by Gasteiger charge is 2.28. The minimum absolute atomic E-state index is 0.0581. The fraction of sp³-hybridized carbons (Fsp3) is 0.841. The van der Waals surface area contributed by atoms with E-state index in [1.807, 2.05) is 12.2 Å². The van der Waals surface area contributed by atoms with E-state index < -0.39 is 51.1 Å². The summed E-state index contributed by atoms with van der Waals surface area (Å²) in [6.07, 6.45) is 41.2. The Labute approximate surface area is 340 Å². The second-order valence-corrected chi connectivity index (χ2v) is 16.6. The number of hydrogen-bond acceptors (Lipinski definition) is 9. The van der Waals surface area contributed by atoms with E-state index in [9.17, 15) is 23.8 Å². The van der Waals surface area contributed by atoms with Crippen LogP contribution < -0.4 is 5.73 Å². The van der Waals surface area contributed by atoms with Crippen LogP contribution in [0.15, 0.2) is 24.3 Å². The first-order valence-electron chi connectivity index (χ1n) is 22.4. The standard InChI is InChI=1S/C44H82NO10P/c1-3-5-7-9-11-13-15-17-18-19-20-21-22-24-25-27-29-31-33-35-42(46)52-37-40(38-53-56(50,51)54-39-41(45)44(48)49)55-43(47)36-34-32-30-28-26-23-16-14-12-10-8-6-4-2/h23,26,30,32,40-41H,3-22,24-25,27-29,31,33-39,45H2,1-2H3,(H,48,49)(H,50,51)/b26-23+,32-30+/t40?,41-/m1/s1. The minimum atomic E-state index is -4.72. The molecule has 4 N–H and O–H groups in total. The first-order chi connectivity index (χ1) is 27.1. The van der Waals surface area contributed by atoms with Gasteiger partial charge in [-0.05, 0) is 32.1 Å². The molecule has 0 saturated heterocycles. The number of ether oxygens (including phenoxy) is 2. The number of carboxylic acids is 1. The maximum absolute atomic E-state index is 12.6. The molecule has 0 fully saturated rings. The number of carbonyl (C=O) groups excluding carboxylic acids is 2. The van der Waals surface area contributed by atoms with Crippen molar-refractivity contribution in [3.05, 3.63) is 24.3 Å². The lowest BCUT2D eigenvalue weighted by Crippen LogP contribution is -2.34. The molecular formula is C44H82NO10P. The second-order valence-electron chi connectivity index (χ2n) is 15.2. The Morgan fingerprint density at radius 3 is 1.46 bits per heavy atom. The molecule has 0 saturated carbocycles. The smallest absolute Gasteiger partial charge is 0.472 e.